The van der Waals surface area contributed by atoms with Gasteiger partial charge < -0.3 is 5.11 Å². The third kappa shape index (κ3) is 2.25. The summed E-state index contributed by atoms with van der Waals surface area (Å²) in [5.41, 5.74) is -0.843. The highest BCUT2D eigenvalue weighted by Gasteiger charge is 2.57. The lowest BCUT2D eigenvalue weighted by molar-refractivity contribution is -0.149. The molecule has 114 valence electrons. The summed E-state index contributed by atoms with van der Waals surface area (Å²) in [5.74, 6) is -0.862. The fourth-order valence-corrected chi connectivity index (χ4v) is 5.69. The standard InChI is InChI=1S/C13H22N2O4S/c16-12(17)13-7-3-4-10(13)8-15(9-13)20(18,19)14-11-5-1-2-6-11/h10-11,14H,1-9H2,(H,16,17)/t10-,13+/m0/s1. The third-order valence-electron chi connectivity index (χ3n) is 5.28. The molecule has 2 saturated carbocycles. The molecule has 1 saturated heterocycles. The van der Waals surface area contributed by atoms with Crippen LogP contribution >= 0.6 is 0 Å². The molecule has 20 heavy (non-hydrogen) atoms. The number of fused-ring (bicyclic) bond motifs is 1. The molecule has 0 aromatic carbocycles. The molecule has 1 aliphatic heterocycles. The monoisotopic (exact) mass is 302 g/mol. The SMILES string of the molecule is O=C(O)[C@@]12CCC[C@H]1CN(S(=O)(=O)NC1CCCC1)C2. The second kappa shape index (κ2) is 4.96. The summed E-state index contributed by atoms with van der Waals surface area (Å²) < 4.78 is 28.9. The summed E-state index contributed by atoms with van der Waals surface area (Å²) in [5, 5.41) is 9.50. The third-order valence-corrected chi connectivity index (χ3v) is 6.87. The maximum atomic E-state index is 12.4. The minimum absolute atomic E-state index is 0.0276. The van der Waals surface area contributed by atoms with Crippen LogP contribution in [0.4, 0.5) is 0 Å². The van der Waals surface area contributed by atoms with Crippen LogP contribution in [-0.2, 0) is 15.0 Å². The minimum Gasteiger partial charge on any atom is -0.481 e. The van der Waals surface area contributed by atoms with Crippen molar-refractivity contribution in [3.63, 3.8) is 0 Å². The molecule has 0 bridgehead atoms. The molecule has 0 radical (unpaired) electrons. The Morgan fingerprint density at radius 2 is 1.90 bits per heavy atom. The van der Waals surface area contributed by atoms with E-state index in [0.29, 0.717) is 13.0 Å². The van der Waals surface area contributed by atoms with E-state index in [4.69, 9.17) is 0 Å². The predicted molar refractivity (Wildman–Crippen MR) is 73.3 cm³/mol. The fourth-order valence-electron chi connectivity index (χ4n) is 4.10. The molecule has 2 atom stereocenters. The van der Waals surface area contributed by atoms with E-state index in [0.717, 1.165) is 38.5 Å². The van der Waals surface area contributed by atoms with E-state index in [1.807, 2.05) is 0 Å². The zero-order chi connectivity index (χ0) is 14.4. The van der Waals surface area contributed by atoms with Crippen LogP contribution in [0.3, 0.4) is 0 Å². The van der Waals surface area contributed by atoms with Crippen LogP contribution in [0, 0.1) is 11.3 Å². The van der Waals surface area contributed by atoms with Crippen LogP contribution in [-0.4, -0.2) is 42.9 Å². The second-order valence-electron chi connectivity index (χ2n) is 6.45. The van der Waals surface area contributed by atoms with E-state index >= 15 is 0 Å². The predicted octanol–water partition coefficient (Wildman–Crippen LogP) is 0.950. The smallest absolute Gasteiger partial charge is 0.311 e. The zero-order valence-electron chi connectivity index (χ0n) is 11.5. The maximum Gasteiger partial charge on any atom is 0.311 e. The quantitative estimate of drug-likeness (QED) is 0.809. The van der Waals surface area contributed by atoms with Gasteiger partial charge in [-0.1, -0.05) is 19.3 Å². The van der Waals surface area contributed by atoms with E-state index in [1.54, 1.807) is 0 Å². The number of nitrogens with one attached hydrogen (secondary N) is 1. The molecule has 0 unspecified atom stereocenters. The Hall–Kier alpha value is -0.660. The van der Waals surface area contributed by atoms with Crippen molar-refractivity contribution >= 4 is 16.2 Å². The Kier molecular flexibility index (Phi) is 3.54. The Morgan fingerprint density at radius 3 is 2.50 bits per heavy atom. The fraction of sp³-hybridized carbons (Fsp3) is 0.923. The molecular weight excluding hydrogens is 280 g/mol. The second-order valence-corrected chi connectivity index (χ2v) is 8.15. The van der Waals surface area contributed by atoms with Gasteiger partial charge in [0.05, 0.1) is 5.41 Å². The molecule has 6 nitrogen and oxygen atoms in total. The van der Waals surface area contributed by atoms with E-state index < -0.39 is 21.6 Å². The first kappa shape index (κ1) is 14.3. The zero-order valence-corrected chi connectivity index (χ0v) is 12.4. The average molecular weight is 302 g/mol. The maximum absolute atomic E-state index is 12.4. The van der Waals surface area contributed by atoms with E-state index in [-0.39, 0.29) is 18.5 Å². The Labute approximate surface area is 119 Å². The average Bonchev–Trinajstić information content (AvgIpc) is 3.00. The van der Waals surface area contributed by atoms with Crippen molar-refractivity contribution in [3.8, 4) is 0 Å². The van der Waals surface area contributed by atoms with Gasteiger partial charge in [0.15, 0.2) is 0 Å². The van der Waals surface area contributed by atoms with Crippen LogP contribution in [0.1, 0.15) is 44.9 Å². The van der Waals surface area contributed by atoms with Crippen LogP contribution in [0.25, 0.3) is 0 Å². The van der Waals surface area contributed by atoms with Gasteiger partial charge in [-0.15, -0.1) is 0 Å². The van der Waals surface area contributed by atoms with E-state index in [1.165, 1.54) is 4.31 Å². The Bertz CT molecular complexity index is 501. The van der Waals surface area contributed by atoms with Crippen LogP contribution in [0.5, 0.6) is 0 Å². The van der Waals surface area contributed by atoms with Gasteiger partial charge in [0.1, 0.15) is 0 Å². The number of aliphatic carboxylic acids is 1. The van der Waals surface area contributed by atoms with Gasteiger partial charge in [0, 0.05) is 19.1 Å². The summed E-state index contributed by atoms with van der Waals surface area (Å²) >= 11 is 0. The van der Waals surface area contributed by atoms with Crippen molar-refractivity contribution in [2.24, 2.45) is 11.3 Å². The molecule has 2 aliphatic carbocycles. The molecule has 0 spiro atoms. The van der Waals surface area contributed by atoms with Gasteiger partial charge in [-0.05, 0) is 31.6 Å². The largest absolute Gasteiger partial charge is 0.481 e. The summed E-state index contributed by atoms with van der Waals surface area (Å²) in [7, 11) is -3.54. The van der Waals surface area contributed by atoms with Crippen LogP contribution in [0.2, 0.25) is 0 Å². The van der Waals surface area contributed by atoms with Gasteiger partial charge in [-0.3, -0.25) is 4.79 Å². The van der Waals surface area contributed by atoms with E-state index in [9.17, 15) is 18.3 Å². The van der Waals surface area contributed by atoms with Gasteiger partial charge in [0.25, 0.3) is 10.2 Å². The minimum atomic E-state index is -3.54. The van der Waals surface area contributed by atoms with Crippen molar-refractivity contribution in [2.45, 2.75) is 51.0 Å². The van der Waals surface area contributed by atoms with Crippen molar-refractivity contribution < 1.29 is 18.3 Å². The number of carbonyl (C=O) groups is 1. The van der Waals surface area contributed by atoms with Crippen LogP contribution in [0.15, 0.2) is 0 Å². The summed E-state index contributed by atoms with van der Waals surface area (Å²) in [6.45, 7) is 0.489. The molecule has 2 N–H and O–H groups in total. The van der Waals surface area contributed by atoms with Gasteiger partial charge in [-0.25, -0.2) is 0 Å². The molecule has 7 heteroatoms. The van der Waals surface area contributed by atoms with Gasteiger partial charge >= 0.3 is 5.97 Å². The van der Waals surface area contributed by atoms with Crippen molar-refractivity contribution in [3.05, 3.63) is 0 Å². The molecule has 0 aromatic rings. The first-order chi connectivity index (χ1) is 9.44. The number of rotatable bonds is 4. The van der Waals surface area contributed by atoms with E-state index in [2.05, 4.69) is 4.72 Å². The highest BCUT2D eigenvalue weighted by molar-refractivity contribution is 7.87. The lowest BCUT2D eigenvalue weighted by atomic mass is 9.81. The number of hydrogen-bond acceptors (Lipinski definition) is 3. The molecule has 3 rings (SSSR count). The highest BCUT2D eigenvalue weighted by atomic mass is 32.2. The topological polar surface area (TPSA) is 86.7 Å². The van der Waals surface area contributed by atoms with Crippen LogP contribution < -0.4 is 4.72 Å². The summed E-state index contributed by atoms with van der Waals surface area (Å²) in [6, 6.07) is 0.0289. The molecule has 3 fully saturated rings. The number of carboxylic acid groups (broad SMARTS) is 1. The summed E-state index contributed by atoms with van der Waals surface area (Å²) in [4.78, 5) is 11.6. The van der Waals surface area contributed by atoms with Crippen molar-refractivity contribution in [2.75, 3.05) is 13.1 Å². The first-order valence-electron chi connectivity index (χ1n) is 7.45. The van der Waals surface area contributed by atoms with Gasteiger partial charge in [-0.2, -0.15) is 17.4 Å². The number of nitrogens with zero attached hydrogens (tertiary/aromatic N) is 1. The highest BCUT2D eigenvalue weighted by Crippen LogP contribution is 2.49. The number of hydrogen-bond donors (Lipinski definition) is 2. The summed E-state index contributed by atoms with van der Waals surface area (Å²) in [6.07, 6.45) is 6.22. The Morgan fingerprint density at radius 1 is 1.20 bits per heavy atom. The van der Waals surface area contributed by atoms with Gasteiger partial charge in [0.2, 0.25) is 0 Å². The molecule has 0 aromatic heterocycles. The molecule has 0 amide bonds. The normalized spacial score (nSPS) is 35.5. The van der Waals surface area contributed by atoms with Crippen molar-refractivity contribution in [1.82, 2.24) is 9.03 Å². The molecular formula is C13H22N2O4S. The molecule has 3 aliphatic rings. The Balaban J connectivity index is 1.74. The lowest BCUT2D eigenvalue weighted by Crippen LogP contribution is -2.45. The molecule has 1 heterocycles. The van der Waals surface area contributed by atoms with Crippen molar-refractivity contribution in [1.29, 1.82) is 0 Å². The first-order valence-corrected chi connectivity index (χ1v) is 8.89. The lowest BCUT2D eigenvalue weighted by Gasteiger charge is -2.24. The number of carboxylic acids is 1.